The molecule has 0 radical (unpaired) electrons. The molecule has 198 valence electrons. The van der Waals surface area contributed by atoms with E-state index in [1.807, 2.05) is 13.0 Å². The van der Waals surface area contributed by atoms with E-state index in [2.05, 4.69) is 0 Å². The number of rotatable bonds is 7. The molecule has 0 spiro atoms. The van der Waals surface area contributed by atoms with Crippen molar-refractivity contribution in [2.45, 2.75) is 32.7 Å². The van der Waals surface area contributed by atoms with Crippen LogP contribution in [0.2, 0.25) is 0 Å². The molecule has 5 rings (SSSR count). The Morgan fingerprint density at radius 2 is 1.31 bits per heavy atom. The molecule has 0 aliphatic carbocycles. The van der Waals surface area contributed by atoms with Crippen molar-refractivity contribution in [1.29, 1.82) is 0 Å². The van der Waals surface area contributed by atoms with Crippen LogP contribution >= 0.6 is 0 Å². The number of aryl methyl sites for hydroxylation is 1. The van der Waals surface area contributed by atoms with Crippen LogP contribution in [0.1, 0.15) is 30.9 Å². The molecule has 2 aromatic heterocycles. The van der Waals surface area contributed by atoms with Crippen LogP contribution in [0.4, 0.5) is 8.78 Å². The number of pyridine rings is 1. The lowest BCUT2D eigenvalue weighted by Gasteiger charge is -2.20. The largest absolute Gasteiger partial charge is 0.506 e. The Kier molecular flexibility index (Phi) is 6.98. The first kappa shape index (κ1) is 25.8. The van der Waals surface area contributed by atoms with E-state index in [-0.39, 0.29) is 40.9 Å². The van der Waals surface area contributed by atoms with E-state index in [0.29, 0.717) is 6.42 Å². The Morgan fingerprint density at radius 3 is 1.87 bits per heavy atom. The average Bonchev–Trinajstić information content (AvgIpc) is 2.93. The molecule has 0 aliphatic rings. The van der Waals surface area contributed by atoms with Gasteiger partial charge < -0.3 is 5.11 Å². The van der Waals surface area contributed by atoms with Crippen molar-refractivity contribution in [3.63, 3.8) is 0 Å². The zero-order valence-corrected chi connectivity index (χ0v) is 21.1. The second kappa shape index (κ2) is 10.5. The van der Waals surface area contributed by atoms with E-state index in [1.54, 1.807) is 24.3 Å². The van der Waals surface area contributed by atoms with Crippen molar-refractivity contribution in [3.8, 4) is 17.1 Å². The van der Waals surface area contributed by atoms with Gasteiger partial charge in [-0.05, 0) is 60.5 Å². The molecule has 0 saturated heterocycles. The minimum Gasteiger partial charge on any atom is -0.506 e. The van der Waals surface area contributed by atoms with Crippen molar-refractivity contribution in [2.24, 2.45) is 0 Å². The van der Waals surface area contributed by atoms with Gasteiger partial charge in [0.2, 0.25) is 0 Å². The van der Waals surface area contributed by atoms with Gasteiger partial charge in [0.05, 0.1) is 16.9 Å². The normalized spacial score (nSPS) is 11.3. The second-order valence-electron chi connectivity index (χ2n) is 9.21. The Bertz CT molecular complexity index is 1840. The Balaban J connectivity index is 1.97. The summed E-state index contributed by atoms with van der Waals surface area (Å²) in [5.74, 6) is -1.64. The summed E-state index contributed by atoms with van der Waals surface area (Å²) in [5.41, 5.74) is -1.34. The summed E-state index contributed by atoms with van der Waals surface area (Å²) in [5, 5.41) is 11.2. The maximum Gasteiger partial charge on any atom is 0.341 e. The first-order chi connectivity index (χ1) is 18.8. The van der Waals surface area contributed by atoms with Crippen LogP contribution in [-0.2, 0) is 13.0 Å². The van der Waals surface area contributed by atoms with Gasteiger partial charge in [0, 0.05) is 13.0 Å². The van der Waals surface area contributed by atoms with Crippen LogP contribution in [0.3, 0.4) is 0 Å². The third-order valence-corrected chi connectivity index (χ3v) is 6.65. The molecule has 0 bridgehead atoms. The number of unbranched alkanes of at least 4 members (excludes halogenated alkanes) is 1. The summed E-state index contributed by atoms with van der Waals surface area (Å²) in [6, 6.07) is 18.8. The van der Waals surface area contributed by atoms with E-state index in [0.717, 1.165) is 45.4 Å². The number of hydrogen-bond acceptors (Lipinski definition) is 4. The fraction of sp³-hybridized carbons (Fsp3) is 0.167. The molecule has 0 atom stereocenters. The van der Waals surface area contributed by atoms with Gasteiger partial charge in [0.25, 0.3) is 11.1 Å². The molecule has 1 N–H and O–H groups in total. The van der Waals surface area contributed by atoms with Gasteiger partial charge in [0.15, 0.2) is 0 Å². The summed E-state index contributed by atoms with van der Waals surface area (Å²) in [4.78, 5) is 41.7. The fourth-order valence-electron chi connectivity index (χ4n) is 4.69. The molecule has 0 amide bonds. The zero-order chi connectivity index (χ0) is 27.7. The van der Waals surface area contributed by atoms with Crippen LogP contribution < -0.4 is 16.8 Å². The zero-order valence-electron chi connectivity index (χ0n) is 21.1. The maximum absolute atomic E-state index is 14.0. The first-order valence-corrected chi connectivity index (χ1v) is 12.5. The lowest BCUT2D eigenvalue weighted by molar-refractivity contribution is 0.469. The fourth-order valence-corrected chi connectivity index (χ4v) is 4.69. The second-order valence-corrected chi connectivity index (χ2v) is 9.21. The van der Waals surface area contributed by atoms with Gasteiger partial charge in [-0.3, -0.25) is 14.2 Å². The van der Waals surface area contributed by atoms with Gasteiger partial charge in [0.1, 0.15) is 28.4 Å². The smallest absolute Gasteiger partial charge is 0.341 e. The first-order valence-electron chi connectivity index (χ1n) is 12.5. The number of halogens is 2. The monoisotopic (exact) mass is 529 g/mol. The van der Waals surface area contributed by atoms with E-state index < -0.39 is 34.2 Å². The van der Waals surface area contributed by atoms with Crippen LogP contribution in [0, 0.1) is 11.6 Å². The topological polar surface area (TPSA) is 86.2 Å². The van der Waals surface area contributed by atoms with Crippen molar-refractivity contribution in [3.05, 3.63) is 133 Å². The highest BCUT2D eigenvalue weighted by molar-refractivity contribution is 5.84. The number of fused-ring (bicyclic) bond motifs is 1. The van der Waals surface area contributed by atoms with Crippen molar-refractivity contribution in [1.82, 2.24) is 13.7 Å². The molecular formula is C30H25F2N3O4. The Hall–Kier alpha value is -4.79. The minimum atomic E-state index is -0.864. The van der Waals surface area contributed by atoms with Crippen molar-refractivity contribution < 1.29 is 13.9 Å². The number of aromatic hydroxyl groups is 1. The SMILES string of the molecule is CCCCn1c(=O)c(Cc2ccccc2)c(O)c2c(=O)n(-c3ccc(F)cc3)c(=O)n(-c3ccc(F)cc3)c21. The van der Waals surface area contributed by atoms with Gasteiger partial charge >= 0.3 is 5.69 Å². The molecule has 0 saturated carbocycles. The highest BCUT2D eigenvalue weighted by Crippen LogP contribution is 2.27. The molecule has 0 aliphatic heterocycles. The molecular weight excluding hydrogens is 504 g/mol. The summed E-state index contributed by atoms with van der Waals surface area (Å²) >= 11 is 0. The minimum absolute atomic E-state index is 0.0110. The molecule has 7 nitrogen and oxygen atoms in total. The third kappa shape index (κ3) is 4.67. The van der Waals surface area contributed by atoms with E-state index in [1.165, 1.54) is 28.8 Å². The lowest BCUT2D eigenvalue weighted by atomic mass is 10.0. The summed E-state index contributed by atoms with van der Waals surface area (Å²) in [7, 11) is 0. The van der Waals surface area contributed by atoms with Gasteiger partial charge in [-0.25, -0.2) is 22.7 Å². The lowest BCUT2D eigenvalue weighted by Crippen LogP contribution is -2.41. The molecule has 5 aromatic rings. The number of benzene rings is 3. The molecule has 2 heterocycles. The van der Waals surface area contributed by atoms with Crippen LogP contribution in [0.15, 0.2) is 93.2 Å². The quantitative estimate of drug-likeness (QED) is 0.332. The van der Waals surface area contributed by atoms with Crippen LogP contribution in [0.5, 0.6) is 5.75 Å². The highest BCUT2D eigenvalue weighted by Gasteiger charge is 2.26. The number of nitrogens with zero attached hydrogens (tertiary/aromatic N) is 3. The Labute approximate surface area is 221 Å². The number of aromatic nitrogens is 3. The third-order valence-electron chi connectivity index (χ3n) is 6.65. The van der Waals surface area contributed by atoms with E-state index in [9.17, 15) is 28.3 Å². The molecule has 0 unspecified atom stereocenters. The molecule has 9 heteroatoms. The van der Waals surface area contributed by atoms with Gasteiger partial charge in [-0.15, -0.1) is 0 Å². The highest BCUT2D eigenvalue weighted by atomic mass is 19.1. The molecule has 3 aromatic carbocycles. The van der Waals surface area contributed by atoms with Gasteiger partial charge in [-0.1, -0.05) is 43.7 Å². The van der Waals surface area contributed by atoms with E-state index >= 15 is 0 Å². The Morgan fingerprint density at radius 1 is 0.744 bits per heavy atom. The van der Waals surface area contributed by atoms with E-state index in [4.69, 9.17) is 0 Å². The van der Waals surface area contributed by atoms with Gasteiger partial charge in [-0.2, -0.15) is 0 Å². The summed E-state index contributed by atoms with van der Waals surface area (Å²) in [6.45, 7) is 2.11. The van der Waals surface area contributed by atoms with Crippen LogP contribution in [-0.4, -0.2) is 18.8 Å². The standard InChI is InChI=1S/C30H25F2N3O4/c1-2-3-17-33-27-25(26(36)24(28(33)37)18-19-7-5-4-6-8-19)29(38)35(23-15-11-21(32)12-16-23)30(39)34(27)22-13-9-20(31)10-14-22/h4-16,36H,2-3,17-18H2,1H3. The van der Waals surface area contributed by atoms with Crippen LogP contribution in [0.25, 0.3) is 22.4 Å². The summed E-state index contributed by atoms with van der Waals surface area (Å²) < 4.78 is 30.8. The van der Waals surface area contributed by atoms with Crippen molar-refractivity contribution >= 4 is 11.0 Å². The molecule has 39 heavy (non-hydrogen) atoms. The summed E-state index contributed by atoms with van der Waals surface area (Å²) in [6.07, 6.45) is 1.33. The average molecular weight is 530 g/mol. The maximum atomic E-state index is 14.0. The predicted molar refractivity (Wildman–Crippen MR) is 145 cm³/mol. The molecule has 0 fully saturated rings. The number of hydrogen-bond donors (Lipinski definition) is 1. The predicted octanol–water partition coefficient (Wildman–Crippen LogP) is 4.68. The van der Waals surface area contributed by atoms with Crippen molar-refractivity contribution in [2.75, 3.05) is 0 Å².